The first-order chi connectivity index (χ1) is 5.31. The van der Waals surface area contributed by atoms with E-state index in [9.17, 15) is 0 Å². The SMILES string of the molecule is COCC(C)CNCCCN. The van der Waals surface area contributed by atoms with Gasteiger partial charge < -0.3 is 15.8 Å². The van der Waals surface area contributed by atoms with Crippen LogP contribution in [0.1, 0.15) is 13.3 Å². The molecule has 0 aromatic rings. The first-order valence-electron chi connectivity index (χ1n) is 4.21. The summed E-state index contributed by atoms with van der Waals surface area (Å²) in [5.74, 6) is 0.595. The van der Waals surface area contributed by atoms with Gasteiger partial charge in [-0.15, -0.1) is 0 Å². The van der Waals surface area contributed by atoms with Crippen molar-refractivity contribution in [3.05, 3.63) is 0 Å². The molecule has 0 aromatic heterocycles. The Morgan fingerprint density at radius 3 is 2.82 bits per heavy atom. The molecule has 3 nitrogen and oxygen atoms in total. The maximum Gasteiger partial charge on any atom is 0.0499 e. The van der Waals surface area contributed by atoms with Gasteiger partial charge in [0.2, 0.25) is 0 Å². The van der Waals surface area contributed by atoms with Crippen molar-refractivity contribution < 1.29 is 4.74 Å². The summed E-state index contributed by atoms with van der Waals surface area (Å²) in [6.45, 7) is 5.80. The van der Waals surface area contributed by atoms with E-state index in [0.29, 0.717) is 5.92 Å². The Kier molecular flexibility index (Phi) is 7.89. The van der Waals surface area contributed by atoms with E-state index in [-0.39, 0.29) is 0 Å². The molecule has 0 saturated heterocycles. The van der Waals surface area contributed by atoms with Gasteiger partial charge in [-0.05, 0) is 32.0 Å². The number of nitrogens with two attached hydrogens (primary N) is 1. The van der Waals surface area contributed by atoms with Crippen LogP contribution in [-0.4, -0.2) is 33.4 Å². The number of rotatable bonds is 7. The van der Waals surface area contributed by atoms with Gasteiger partial charge in [-0.25, -0.2) is 0 Å². The van der Waals surface area contributed by atoms with Crippen molar-refractivity contribution >= 4 is 0 Å². The van der Waals surface area contributed by atoms with Crippen molar-refractivity contribution in [1.29, 1.82) is 0 Å². The molecule has 0 saturated carbocycles. The van der Waals surface area contributed by atoms with Crippen LogP contribution < -0.4 is 11.1 Å². The fourth-order valence-corrected chi connectivity index (χ4v) is 0.919. The lowest BCUT2D eigenvalue weighted by atomic mass is 10.2. The van der Waals surface area contributed by atoms with Gasteiger partial charge in [0, 0.05) is 13.7 Å². The Morgan fingerprint density at radius 2 is 2.27 bits per heavy atom. The summed E-state index contributed by atoms with van der Waals surface area (Å²) in [7, 11) is 1.73. The van der Waals surface area contributed by atoms with Crippen LogP contribution in [-0.2, 0) is 4.74 Å². The molecule has 68 valence electrons. The number of hydrogen-bond acceptors (Lipinski definition) is 3. The summed E-state index contributed by atoms with van der Waals surface area (Å²) in [6, 6.07) is 0. The molecule has 0 rings (SSSR count). The van der Waals surface area contributed by atoms with Crippen molar-refractivity contribution in [3.63, 3.8) is 0 Å². The smallest absolute Gasteiger partial charge is 0.0499 e. The lowest BCUT2D eigenvalue weighted by Crippen LogP contribution is -2.25. The van der Waals surface area contributed by atoms with Crippen LogP contribution in [0.4, 0.5) is 0 Å². The quantitative estimate of drug-likeness (QED) is 0.523. The van der Waals surface area contributed by atoms with E-state index in [1.54, 1.807) is 7.11 Å². The minimum Gasteiger partial charge on any atom is -0.384 e. The fraction of sp³-hybridized carbons (Fsp3) is 1.00. The second-order valence-electron chi connectivity index (χ2n) is 2.91. The predicted molar refractivity (Wildman–Crippen MR) is 47.6 cm³/mol. The Bertz CT molecular complexity index is 78.5. The summed E-state index contributed by atoms with van der Waals surface area (Å²) in [5.41, 5.74) is 5.34. The average molecular weight is 160 g/mol. The average Bonchev–Trinajstić information content (AvgIpc) is 1.99. The van der Waals surface area contributed by atoms with Crippen molar-refractivity contribution in [3.8, 4) is 0 Å². The standard InChI is InChI=1S/C8H20N2O/c1-8(7-11-2)6-10-5-3-4-9/h8,10H,3-7,9H2,1-2H3. The Hall–Kier alpha value is -0.120. The van der Waals surface area contributed by atoms with Crippen LogP contribution >= 0.6 is 0 Å². The minimum atomic E-state index is 0.595. The summed E-state index contributed by atoms with van der Waals surface area (Å²) in [6.07, 6.45) is 1.06. The molecule has 3 N–H and O–H groups in total. The Morgan fingerprint density at radius 1 is 1.55 bits per heavy atom. The molecule has 0 aliphatic rings. The third kappa shape index (κ3) is 7.78. The number of methoxy groups -OCH3 is 1. The summed E-state index contributed by atoms with van der Waals surface area (Å²) < 4.78 is 5.00. The van der Waals surface area contributed by atoms with Crippen LogP contribution in [0.2, 0.25) is 0 Å². The maximum absolute atomic E-state index is 5.34. The van der Waals surface area contributed by atoms with Crippen molar-refractivity contribution in [1.82, 2.24) is 5.32 Å². The van der Waals surface area contributed by atoms with Gasteiger partial charge in [-0.3, -0.25) is 0 Å². The van der Waals surface area contributed by atoms with E-state index in [1.807, 2.05) is 0 Å². The first-order valence-corrected chi connectivity index (χ1v) is 4.21. The maximum atomic E-state index is 5.34. The molecular weight excluding hydrogens is 140 g/mol. The third-order valence-electron chi connectivity index (χ3n) is 1.50. The number of nitrogens with one attached hydrogen (secondary N) is 1. The normalized spacial score (nSPS) is 13.4. The highest BCUT2D eigenvalue weighted by Crippen LogP contribution is 1.91. The second kappa shape index (κ2) is 7.98. The summed E-state index contributed by atoms with van der Waals surface area (Å²) in [4.78, 5) is 0. The van der Waals surface area contributed by atoms with Crippen molar-refractivity contribution in [2.45, 2.75) is 13.3 Å². The van der Waals surface area contributed by atoms with Crippen LogP contribution in [0.5, 0.6) is 0 Å². The second-order valence-corrected chi connectivity index (χ2v) is 2.91. The van der Waals surface area contributed by atoms with E-state index >= 15 is 0 Å². The number of ether oxygens (including phenoxy) is 1. The highest BCUT2D eigenvalue weighted by atomic mass is 16.5. The molecule has 1 atom stereocenters. The molecule has 0 heterocycles. The molecule has 0 bridgehead atoms. The van der Waals surface area contributed by atoms with Crippen LogP contribution in [0, 0.1) is 5.92 Å². The highest BCUT2D eigenvalue weighted by Gasteiger charge is 1.98. The first kappa shape index (κ1) is 10.9. The van der Waals surface area contributed by atoms with Gasteiger partial charge in [-0.2, -0.15) is 0 Å². The molecular formula is C8H20N2O. The Labute approximate surface area is 69.3 Å². The molecule has 0 radical (unpaired) electrons. The predicted octanol–water partition coefficient (Wildman–Crippen LogP) is 0.207. The largest absolute Gasteiger partial charge is 0.384 e. The molecule has 1 unspecified atom stereocenters. The van der Waals surface area contributed by atoms with E-state index < -0.39 is 0 Å². The highest BCUT2D eigenvalue weighted by molar-refractivity contribution is 4.55. The fourth-order valence-electron chi connectivity index (χ4n) is 0.919. The van der Waals surface area contributed by atoms with Gasteiger partial charge in [-0.1, -0.05) is 6.92 Å². The molecule has 3 heteroatoms. The summed E-state index contributed by atoms with van der Waals surface area (Å²) >= 11 is 0. The zero-order chi connectivity index (χ0) is 8.53. The zero-order valence-electron chi connectivity index (χ0n) is 7.60. The summed E-state index contributed by atoms with van der Waals surface area (Å²) in [5, 5.41) is 3.31. The van der Waals surface area contributed by atoms with E-state index in [0.717, 1.165) is 32.7 Å². The monoisotopic (exact) mass is 160 g/mol. The van der Waals surface area contributed by atoms with E-state index in [4.69, 9.17) is 10.5 Å². The zero-order valence-corrected chi connectivity index (χ0v) is 7.60. The van der Waals surface area contributed by atoms with E-state index in [1.165, 1.54) is 0 Å². The Balaban J connectivity index is 2.97. The van der Waals surface area contributed by atoms with Crippen LogP contribution in [0.3, 0.4) is 0 Å². The van der Waals surface area contributed by atoms with Gasteiger partial charge in [0.25, 0.3) is 0 Å². The number of hydrogen-bond donors (Lipinski definition) is 2. The molecule has 0 spiro atoms. The van der Waals surface area contributed by atoms with Gasteiger partial charge in [0.15, 0.2) is 0 Å². The minimum absolute atomic E-state index is 0.595. The van der Waals surface area contributed by atoms with Crippen molar-refractivity contribution in [2.24, 2.45) is 11.7 Å². The lowest BCUT2D eigenvalue weighted by molar-refractivity contribution is 0.158. The molecule has 11 heavy (non-hydrogen) atoms. The van der Waals surface area contributed by atoms with Gasteiger partial charge in [0.1, 0.15) is 0 Å². The van der Waals surface area contributed by atoms with Crippen LogP contribution in [0.15, 0.2) is 0 Å². The van der Waals surface area contributed by atoms with Gasteiger partial charge in [0.05, 0.1) is 0 Å². The molecule has 0 fully saturated rings. The van der Waals surface area contributed by atoms with E-state index in [2.05, 4.69) is 12.2 Å². The van der Waals surface area contributed by atoms with Crippen LogP contribution in [0.25, 0.3) is 0 Å². The lowest BCUT2D eigenvalue weighted by Gasteiger charge is -2.10. The topological polar surface area (TPSA) is 47.3 Å². The third-order valence-corrected chi connectivity index (χ3v) is 1.50. The van der Waals surface area contributed by atoms with Crippen molar-refractivity contribution in [2.75, 3.05) is 33.4 Å². The molecule has 0 aliphatic heterocycles. The van der Waals surface area contributed by atoms with Gasteiger partial charge >= 0.3 is 0 Å². The molecule has 0 aliphatic carbocycles. The molecule has 0 amide bonds. The molecule has 0 aromatic carbocycles.